The van der Waals surface area contributed by atoms with Gasteiger partial charge in [0.25, 0.3) is 0 Å². The summed E-state index contributed by atoms with van der Waals surface area (Å²) in [5.74, 6) is 1.61. The number of nitrogens with zero attached hydrogens (tertiary/aromatic N) is 2. The second kappa shape index (κ2) is 5.87. The maximum atomic E-state index is 4.26. The van der Waals surface area contributed by atoms with Crippen LogP contribution in [0, 0.1) is 11.8 Å². The van der Waals surface area contributed by atoms with Gasteiger partial charge in [-0.1, -0.05) is 26.7 Å². The molecule has 1 saturated carbocycles. The second-order valence-corrected chi connectivity index (χ2v) is 6.13. The summed E-state index contributed by atoms with van der Waals surface area (Å²) in [6.45, 7) is 6.97. The molecule has 1 aromatic heterocycles. The van der Waals surface area contributed by atoms with E-state index in [1.165, 1.54) is 31.2 Å². The van der Waals surface area contributed by atoms with Crippen molar-refractivity contribution in [3.05, 3.63) is 18.0 Å². The molecule has 3 nitrogen and oxygen atoms in total. The molecule has 18 heavy (non-hydrogen) atoms. The Morgan fingerprint density at radius 1 is 1.28 bits per heavy atom. The van der Waals surface area contributed by atoms with Crippen LogP contribution in [-0.4, -0.2) is 15.8 Å². The lowest BCUT2D eigenvalue weighted by molar-refractivity contribution is 0.195. The quantitative estimate of drug-likeness (QED) is 0.887. The molecule has 0 amide bonds. The Labute approximate surface area is 111 Å². The lowest BCUT2D eigenvalue weighted by Gasteiger charge is -2.36. The molecular weight excluding hydrogens is 222 g/mol. The minimum atomic E-state index is 0.406. The maximum absolute atomic E-state index is 4.26. The third-order valence-corrected chi connectivity index (χ3v) is 4.36. The summed E-state index contributed by atoms with van der Waals surface area (Å²) < 4.78 is 1.88. The van der Waals surface area contributed by atoms with Crippen LogP contribution in [0.25, 0.3) is 0 Å². The van der Waals surface area contributed by atoms with E-state index in [2.05, 4.69) is 37.4 Å². The number of hydrogen-bond donors (Lipinski definition) is 1. The van der Waals surface area contributed by atoms with Crippen LogP contribution in [0.5, 0.6) is 0 Å². The van der Waals surface area contributed by atoms with Gasteiger partial charge in [0, 0.05) is 30.9 Å². The molecule has 0 spiro atoms. The zero-order chi connectivity index (χ0) is 13.1. The zero-order valence-electron chi connectivity index (χ0n) is 12.2. The van der Waals surface area contributed by atoms with Crippen LogP contribution in [0.3, 0.4) is 0 Å². The fourth-order valence-corrected chi connectivity index (χ4v) is 3.25. The molecule has 2 rings (SSSR count). The first-order chi connectivity index (χ1) is 8.58. The van der Waals surface area contributed by atoms with Gasteiger partial charge in [-0.05, 0) is 31.6 Å². The highest BCUT2D eigenvalue weighted by molar-refractivity contribution is 5.09. The van der Waals surface area contributed by atoms with Gasteiger partial charge in [0.2, 0.25) is 0 Å². The average molecular weight is 249 g/mol. The van der Waals surface area contributed by atoms with E-state index in [-0.39, 0.29) is 0 Å². The third kappa shape index (κ3) is 3.14. The molecule has 0 saturated heterocycles. The van der Waals surface area contributed by atoms with Crippen molar-refractivity contribution in [1.29, 1.82) is 0 Å². The van der Waals surface area contributed by atoms with Crippen LogP contribution in [0.15, 0.2) is 12.4 Å². The van der Waals surface area contributed by atoms with Crippen LogP contribution in [0.2, 0.25) is 0 Å². The van der Waals surface area contributed by atoms with Gasteiger partial charge in [-0.25, -0.2) is 0 Å². The van der Waals surface area contributed by atoms with E-state index in [9.17, 15) is 0 Å². The Morgan fingerprint density at radius 3 is 2.61 bits per heavy atom. The van der Waals surface area contributed by atoms with Gasteiger partial charge in [0.1, 0.15) is 0 Å². The second-order valence-electron chi connectivity index (χ2n) is 6.13. The Morgan fingerprint density at radius 2 is 2.00 bits per heavy atom. The van der Waals surface area contributed by atoms with E-state index in [0.29, 0.717) is 12.1 Å². The SMILES string of the molecule is CC(NC1CCCCC1C(C)C)c1cnn(C)c1. The summed E-state index contributed by atoms with van der Waals surface area (Å²) in [7, 11) is 1.98. The van der Waals surface area contributed by atoms with Gasteiger partial charge < -0.3 is 5.32 Å². The molecule has 3 heteroatoms. The van der Waals surface area contributed by atoms with Gasteiger partial charge in [-0.2, -0.15) is 5.10 Å². The monoisotopic (exact) mass is 249 g/mol. The molecular formula is C15H27N3. The molecule has 3 unspecified atom stereocenters. The molecule has 0 radical (unpaired) electrons. The van der Waals surface area contributed by atoms with E-state index < -0.39 is 0 Å². The highest BCUT2D eigenvalue weighted by Gasteiger charge is 2.28. The zero-order valence-corrected chi connectivity index (χ0v) is 12.2. The first-order valence-electron chi connectivity index (χ1n) is 7.32. The minimum absolute atomic E-state index is 0.406. The fourth-order valence-electron chi connectivity index (χ4n) is 3.25. The average Bonchev–Trinajstić information content (AvgIpc) is 2.76. The molecule has 1 aliphatic rings. The Hall–Kier alpha value is -0.830. The predicted molar refractivity (Wildman–Crippen MR) is 75.3 cm³/mol. The topological polar surface area (TPSA) is 29.9 Å². The summed E-state index contributed by atoms with van der Waals surface area (Å²) in [4.78, 5) is 0. The standard InChI is InChI=1S/C15H27N3/c1-11(2)14-7-5-6-8-15(14)17-12(3)13-9-16-18(4)10-13/h9-12,14-15,17H,5-8H2,1-4H3. The van der Waals surface area contributed by atoms with Gasteiger partial charge in [-0.3, -0.25) is 4.68 Å². The van der Waals surface area contributed by atoms with Crippen molar-refractivity contribution in [1.82, 2.24) is 15.1 Å². The molecule has 0 bridgehead atoms. The van der Waals surface area contributed by atoms with E-state index in [4.69, 9.17) is 0 Å². The Kier molecular flexibility index (Phi) is 4.44. The summed E-state index contributed by atoms with van der Waals surface area (Å²) in [6.07, 6.45) is 9.58. The molecule has 1 aliphatic carbocycles. The van der Waals surface area contributed by atoms with E-state index in [1.807, 2.05) is 17.9 Å². The number of aromatic nitrogens is 2. The van der Waals surface area contributed by atoms with Gasteiger partial charge in [0.05, 0.1) is 6.20 Å². The van der Waals surface area contributed by atoms with Crippen molar-refractivity contribution in [2.75, 3.05) is 0 Å². The summed E-state index contributed by atoms with van der Waals surface area (Å²) in [6, 6.07) is 1.08. The van der Waals surface area contributed by atoms with Crippen LogP contribution < -0.4 is 5.32 Å². The molecule has 0 aliphatic heterocycles. The van der Waals surface area contributed by atoms with E-state index in [0.717, 1.165) is 11.8 Å². The lowest BCUT2D eigenvalue weighted by atomic mass is 9.77. The van der Waals surface area contributed by atoms with Crippen molar-refractivity contribution < 1.29 is 0 Å². The molecule has 102 valence electrons. The normalized spacial score (nSPS) is 26.5. The van der Waals surface area contributed by atoms with Gasteiger partial charge in [-0.15, -0.1) is 0 Å². The first-order valence-corrected chi connectivity index (χ1v) is 7.32. The highest BCUT2D eigenvalue weighted by atomic mass is 15.2. The fraction of sp³-hybridized carbons (Fsp3) is 0.800. The van der Waals surface area contributed by atoms with Crippen LogP contribution in [0.4, 0.5) is 0 Å². The van der Waals surface area contributed by atoms with Gasteiger partial charge >= 0.3 is 0 Å². The van der Waals surface area contributed by atoms with Crippen molar-refractivity contribution >= 4 is 0 Å². The number of aryl methyl sites for hydroxylation is 1. The number of rotatable bonds is 4. The smallest absolute Gasteiger partial charge is 0.0537 e. The van der Waals surface area contributed by atoms with E-state index in [1.54, 1.807) is 0 Å². The predicted octanol–water partition coefficient (Wildman–Crippen LogP) is 3.29. The maximum Gasteiger partial charge on any atom is 0.0537 e. The van der Waals surface area contributed by atoms with Crippen molar-refractivity contribution in [2.45, 2.75) is 58.5 Å². The summed E-state index contributed by atoms with van der Waals surface area (Å²) >= 11 is 0. The van der Waals surface area contributed by atoms with Crippen LogP contribution in [-0.2, 0) is 7.05 Å². The largest absolute Gasteiger partial charge is 0.307 e. The number of hydrogen-bond acceptors (Lipinski definition) is 2. The molecule has 1 heterocycles. The number of nitrogens with one attached hydrogen (secondary N) is 1. The van der Waals surface area contributed by atoms with E-state index >= 15 is 0 Å². The minimum Gasteiger partial charge on any atom is -0.307 e. The summed E-state index contributed by atoms with van der Waals surface area (Å²) in [5, 5.41) is 8.09. The van der Waals surface area contributed by atoms with Crippen molar-refractivity contribution in [3.8, 4) is 0 Å². The molecule has 1 aromatic rings. The molecule has 3 atom stereocenters. The Balaban J connectivity index is 1.98. The first kappa shape index (κ1) is 13.6. The lowest BCUT2D eigenvalue weighted by Crippen LogP contribution is -2.41. The third-order valence-electron chi connectivity index (χ3n) is 4.36. The van der Waals surface area contributed by atoms with Crippen molar-refractivity contribution in [2.24, 2.45) is 18.9 Å². The molecule has 0 aromatic carbocycles. The van der Waals surface area contributed by atoms with Gasteiger partial charge in [0.15, 0.2) is 0 Å². The molecule has 1 fully saturated rings. The Bertz CT molecular complexity index is 370. The van der Waals surface area contributed by atoms with Crippen molar-refractivity contribution in [3.63, 3.8) is 0 Å². The summed E-state index contributed by atoms with van der Waals surface area (Å²) in [5.41, 5.74) is 1.30. The highest BCUT2D eigenvalue weighted by Crippen LogP contribution is 2.31. The van der Waals surface area contributed by atoms with Crippen LogP contribution >= 0.6 is 0 Å². The molecule has 1 N–H and O–H groups in total. The van der Waals surface area contributed by atoms with Crippen LogP contribution in [0.1, 0.15) is 58.1 Å².